The summed E-state index contributed by atoms with van der Waals surface area (Å²) in [6, 6.07) is 28.7. The van der Waals surface area contributed by atoms with Crippen LogP contribution >= 0.6 is 0 Å². The van der Waals surface area contributed by atoms with E-state index in [0.29, 0.717) is 55.5 Å². The Morgan fingerprint density at radius 3 is 2.51 bits per heavy atom. The molecule has 0 atom stereocenters. The standard InChI is InChI=1S/C41H39N3O7/c1-29-10-18-37(45)36(25-29)38(46)19-13-30-11-14-33(15-12-30)49-21-6-5-9-32-28-44(43-42-32)20-22-48-23-24-50-34-16-17-35-39(47)27-40(51-41(35)26-34)31-7-3-2-4-8-31/h2-4,7-8,10-19,25-28,45H,5-6,9,20-24H2,1H3/b19-13+. The minimum atomic E-state index is -0.248. The monoisotopic (exact) mass is 685 g/mol. The summed E-state index contributed by atoms with van der Waals surface area (Å²) in [5.41, 5.74) is 4.19. The van der Waals surface area contributed by atoms with Gasteiger partial charge in [0.15, 0.2) is 11.2 Å². The number of phenols is 1. The van der Waals surface area contributed by atoms with Crippen LogP contribution in [0.15, 0.2) is 119 Å². The summed E-state index contributed by atoms with van der Waals surface area (Å²) in [6.07, 6.45) is 7.69. The minimum Gasteiger partial charge on any atom is -0.507 e. The van der Waals surface area contributed by atoms with Crippen LogP contribution in [-0.4, -0.2) is 52.3 Å². The number of ether oxygens (including phenoxy) is 3. The molecule has 10 nitrogen and oxygen atoms in total. The fourth-order valence-electron chi connectivity index (χ4n) is 5.39. The van der Waals surface area contributed by atoms with Crippen molar-refractivity contribution in [2.45, 2.75) is 32.7 Å². The highest BCUT2D eigenvalue weighted by molar-refractivity contribution is 6.08. The van der Waals surface area contributed by atoms with Crippen LogP contribution in [-0.2, 0) is 17.7 Å². The van der Waals surface area contributed by atoms with Crippen LogP contribution < -0.4 is 14.9 Å². The molecule has 0 spiro atoms. The maximum absolute atomic E-state index is 12.6. The van der Waals surface area contributed by atoms with Gasteiger partial charge < -0.3 is 23.7 Å². The normalized spacial score (nSPS) is 11.3. The van der Waals surface area contributed by atoms with Crippen molar-refractivity contribution in [3.05, 3.63) is 142 Å². The fourth-order valence-corrected chi connectivity index (χ4v) is 5.39. The lowest BCUT2D eigenvalue weighted by atomic mass is 10.1. The average molecular weight is 686 g/mol. The molecule has 0 amide bonds. The first-order chi connectivity index (χ1) is 24.9. The Bertz CT molecular complexity index is 2150. The molecular weight excluding hydrogens is 646 g/mol. The van der Waals surface area contributed by atoms with E-state index in [1.807, 2.05) is 67.7 Å². The van der Waals surface area contributed by atoms with Gasteiger partial charge in [-0.15, -0.1) is 5.10 Å². The van der Waals surface area contributed by atoms with Crippen LogP contribution in [0.3, 0.4) is 0 Å². The lowest BCUT2D eigenvalue weighted by molar-refractivity contribution is 0.0923. The number of benzene rings is 4. The largest absolute Gasteiger partial charge is 0.507 e. The van der Waals surface area contributed by atoms with Gasteiger partial charge in [0.1, 0.15) is 35.2 Å². The number of hydrogen-bond acceptors (Lipinski definition) is 9. The smallest absolute Gasteiger partial charge is 0.193 e. The average Bonchev–Trinajstić information content (AvgIpc) is 3.61. The van der Waals surface area contributed by atoms with E-state index in [1.54, 1.807) is 41.1 Å². The Kier molecular flexibility index (Phi) is 11.7. The van der Waals surface area contributed by atoms with E-state index >= 15 is 0 Å². The van der Waals surface area contributed by atoms with Gasteiger partial charge >= 0.3 is 0 Å². The van der Waals surface area contributed by atoms with E-state index in [1.165, 1.54) is 18.2 Å². The summed E-state index contributed by atoms with van der Waals surface area (Å²) in [6.45, 7) is 4.24. The molecule has 0 unspecified atom stereocenters. The Balaban J connectivity index is 0.847. The molecule has 260 valence electrons. The van der Waals surface area contributed by atoms with Crippen molar-refractivity contribution in [2.75, 3.05) is 26.4 Å². The number of carbonyl (C=O) groups excluding carboxylic acids is 1. The Hall–Kier alpha value is -6.00. The van der Waals surface area contributed by atoms with Crippen LogP contribution in [0.2, 0.25) is 0 Å². The lowest BCUT2D eigenvalue weighted by Crippen LogP contribution is -2.12. The number of carbonyl (C=O) groups is 1. The Morgan fingerprint density at radius 2 is 1.67 bits per heavy atom. The molecule has 0 radical (unpaired) electrons. The summed E-state index contributed by atoms with van der Waals surface area (Å²) in [5.74, 6) is 1.60. The number of hydrogen-bond donors (Lipinski definition) is 1. The van der Waals surface area contributed by atoms with E-state index in [0.717, 1.165) is 47.4 Å². The van der Waals surface area contributed by atoms with Gasteiger partial charge in [-0.25, -0.2) is 4.68 Å². The molecule has 4 aromatic carbocycles. The van der Waals surface area contributed by atoms with Gasteiger partial charge in [0, 0.05) is 23.9 Å². The van der Waals surface area contributed by atoms with E-state index in [2.05, 4.69) is 10.3 Å². The molecule has 0 bridgehead atoms. The maximum Gasteiger partial charge on any atom is 0.193 e. The third-order valence-corrected chi connectivity index (χ3v) is 8.13. The van der Waals surface area contributed by atoms with Gasteiger partial charge in [-0.2, -0.15) is 0 Å². The van der Waals surface area contributed by atoms with Crippen molar-refractivity contribution in [1.29, 1.82) is 0 Å². The third kappa shape index (κ3) is 9.80. The number of phenolic OH excluding ortho intramolecular Hbond substituents is 1. The van der Waals surface area contributed by atoms with Crippen LogP contribution in [0.5, 0.6) is 17.2 Å². The van der Waals surface area contributed by atoms with Crippen molar-refractivity contribution >= 4 is 22.8 Å². The van der Waals surface area contributed by atoms with E-state index in [-0.39, 0.29) is 22.5 Å². The fraction of sp³-hybridized carbons (Fsp3) is 0.220. The number of ketones is 1. The van der Waals surface area contributed by atoms with Gasteiger partial charge in [-0.05, 0) is 74.2 Å². The Labute approximate surface area is 295 Å². The Morgan fingerprint density at radius 1 is 0.863 bits per heavy atom. The molecule has 0 fully saturated rings. The summed E-state index contributed by atoms with van der Waals surface area (Å²) in [4.78, 5) is 25.0. The highest BCUT2D eigenvalue weighted by Gasteiger charge is 2.10. The number of fused-ring (bicyclic) bond motifs is 1. The molecule has 0 saturated carbocycles. The first-order valence-electron chi connectivity index (χ1n) is 16.9. The number of unbranched alkanes of at least 4 members (excludes halogenated alkanes) is 1. The predicted molar refractivity (Wildman–Crippen MR) is 195 cm³/mol. The van der Waals surface area contributed by atoms with Crippen LogP contribution in [0.4, 0.5) is 0 Å². The maximum atomic E-state index is 12.6. The van der Waals surface area contributed by atoms with E-state index in [4.69, 9.17) is 18.6 Å². The number of aromatic hydroxyl groups is 1. The summed E-state index contributed by atoms with van der Waals surface area (Å²) < 4.78 is 25.2. The first kappa shape index (κ1) is 34.8. The summed E-state index contributed by atoms with van der Waals surface area (Å²) in [7, 11) is 0. The van der Waals surface area contributed by atoms with Crippen LogP contribution in [0.25, 0.3) is 28.4 Å². The molecule has 6 rings (SSSR count). The second kappa shape index (κ2) is 17.1. The van der Waals surface area contributed by atoms with Gasteiger partial charge in [0.05, 0.1) is 43.0 Å². The van der Waals surface area contributed by atoms with Crippen molar-refractivity contribution < 1.29 is 28.5 Å². The second-order valence-corrected chi connectivity index (χ2v) is 12.0. The van der Waals surface area contributed by atoms with Gasteiger partial charge in [0.2, 0.25) is 0 Å². The topological polar surface area (TPSA) is 126 Å². The molecular formula is C41H39N3O7. The molecule has 10 heteroatoms. The van der Waals surface area contributed by atoms with Crippen molar-refractivity contribution in [2.24, 2.45) is 0 Å². The van der Waals surface area contributed by atoms with Crippen LogP contribution in [0.1, 0.15) is 40.0 Å². The summed E-state index contributed by atoms with van der Waals surface area (Å²) >= 11 is 0. The predicted octanol–water partition coefficient (Wildman–Crippen LogP) is 7.46. The molecule has 2 heterocycles. The number of allylic oxidation sites excluding steroid dienone is 1. The highest BCUT2D eigenvalue weighted by Crippen LogP contribution is 2.25. The second-order valence-electron chi connectivity index (χ2n) is 12.0. The zero-order valence-corrected chi connectivity index (χ0v) is 28.4. The van der Waals surface area contributed by atoms with E-state index < -0.39 is 0 Å². The molecule has 6 aromatic rings. The number of aryl methyl sites for hydroxylation is 2. The molecule has 0 aliphatic carbocycles. The van der Waals surface area contributed by atoms with E-state index in [9.17, 15) is 14.7 Å². The third-order valence-electron chi connectivity index (χ3n) is 8.13. The minimum absolute atomic E-state index is 0.0241. The first-order valence-corrected chi connectivity index (χ1v) is 16.9. The van der Waals surface area contributed by atoms with Gasteiger partial charge in [0.25, 0.3) is 0 Å². The molecule has 2 aromatic heterocycles. The molecule has 0 saturated heterocycles. The molecule has 0 aliphatic rings. The molecule has 1 N–H and O–H groups in total. The van der Waals surface area contributed by atoms with Crippen molar-refractivity contribution in [1.82, 2.24) is 15.0 Å². The quantitative estimate of drug-likeness (QED) is 0.0592. The lowest BCUT2D eigenvalue weighted by Gasteiger charge is -2.08. The van der Waals surface area contributed by atoms with Crippen LogP contribution in [0, 0.1) is 6.92 Å². The highest BCUT2D eigenvalue weighted by atomic mass is 16.5. The number of rotatable bonds is 17. The van der Waals surface area contributed by atoms with Gasteiger partial charge in [-0.3, -0.25) is 9.59 Å². The SMILES string of the molecule is Cc1ccc(O)c(C(=O)/C=C/c2ccc(OCCCCc3cn(CCOCCOc4ccc5c(=O)cc(-c6ccccc6)oc5c4)nn3)cc2)c1. The zero-order chi connectivity index (χ0) is 35.4. The number of aromatic nitrogens is 3. The summed E-state index contributed by atoms with van der Waals surface area (Å²) in [5, 5.41) is 18.9. The molecule has 51 heavy (non-hydrogen) atoms. The zero-order valence-electron chi connectivity index (χ0n) is 28.4. The van der Waals surface area contributed by atoms with Gasteiger partial charge in [-0.1, -0.05) is 65.4 Å². The number of nitrogens with zero attached hydrogens (tertiary/aromatic N) is 3. The van der Waals surface area contributed by atoms with Crippen molar-refractivity contribution in [3.8, 4) is 28.6 Å². The molecule has 0 aliphatic heterocycles. The van der Waals surface area contributed by atoms with Crippen molar-refractivity contribution in [3.63, 3.8) is 0 Å².